The van der Waals surface area contributed by atoms with Crippen LogP contribution in [0.15, 0.2) is 0 Å². The molecule has 1 aliphatic carbocycles. The summed E-state index contributed by atoms with van der Waals surface area (Å²) in [7, 11) is 0. The molecule has 0 spiro atoms. The van der Waals surface area contributed by atoms with E-state index in [0.717, 1.165) is 17.5 Å². The number of halogens is 4. The second-order valence-electron chi connectivity index (χ2n) is 5.08. The summed E-state index contributed by atoms with van der Waals surface area (Å²) in [4.78, 5) is 1.44. The van der Waals surface area contributed by atoms with Gasteiger partial charge in [0.05, 0.1) is 0 Å². The van der Waals surface area contributed by atoms with Crippen LogP contribution in [0.3, 0.4) is 0 Å². The first-order valence-electron chi connectivity index (χ1n) is 6.64. The molecule has 0 nitrogen and oxygen atoms in total. The molecule has 1 aliphatic rings. The van der Waals surface area contributed by atoms with Gasteiger partial charge in [-0.3, -0.25) is 0 Å². The molecule has 0 aromatic carbocycles. The summed E-state index contributed by atoms with van der Waals surface area (Å²) < 4.78 is 1.73. The van der Waals surface area contributed by atoms with Gasteiger partial charge in [-0.25, -0.2) is 0 Å². The van der Waals surface area contributed by atoms with Crippen molar-refractivity contribution >= 4 is 77.0 Å². The smallest absolute Gasteiger partial charge is 0.0156 e. The van der Waals surface area contributed by atoms with Crippen LogP contribution in [0.1, 0.15) is 57.8 Å². The third kappa shape index (κ3) is 9.05. The van der Waals surface area contributed by atoms with Crippen molar-refractivity contribution in [1.82, 2.24) is 0 Å². The Morgan fingerprint density at radius 1 is 0.647 bits per heavy atom. The SMILES string of the molecule is BrC1CCC(Br)CC(I)CCCCCC(I)C1. The Morgan fingerprint density at radius 2 is 1.06 bits per heavy atom. The molecule has 4 atom stereocenters. The van der Waals surface area contributed by atoms with Crippen molar-refractivity contribution in [3.05, 3.63) is 0 Å². The fourth-order valence-electron chi connectivity index (χ4n) is 2.30. The predicted molar refractivity (Wildman–Crippen MR) is 103 cm³/mol. The molecule has 0 saturated heterocycles. The molecule has 0 heterocycles. The Morgan fingerprint density at radius 3 is 1.47 bits per heavy atom. The van der Waals surface area contributed by atoms with Crippen molar-refractivity contribution in [2.45, 2.75) is 75.3 Å². The molecule has 0 bridgehead atoms. The number of hydrogen-bond acceptors (Lipinski definition) is 0. The zero-order valence-corrected chi connectivity index (χ0v) is 17.7. The fourth-order valence-corrected chi connectivity index (χ4v) is 7.23. The number of rotatable bonds is 0. The van der Waals surface area contributed by atoms with Gasteiger partial charge in [0, 0.05) is 17.5 Å². The monoisotopic (exact) mass is 590 g/mol. The molecule has 0 N–H and O–H groups in total. The van der Waals surface area contributed by atoms with Crippen LogP contribution < -0.4 is 0 Å². The highest BCUT2D eigenvalue weighted by molar-refractivity contribution is 14.1. The average Bonchev–Trinajstić information content (AvgIpc) is 2.25. The Labute approximate surface area is 150 Å². The van der Waals surface area contributed by atoms with E-state index < -0.39 is 0 Å². The van der Waals surface area contributed by atoms with Crippen LogP contribution in [0.4, 0.5) is 0 Å². The van der Waals surface area contributed by atoms with E-state index in [-0.39, 0.29) is 0 Å². The second-order valence-corrected chi connectivity index (χ2v) is 11.2. The molecule has 0 radical (unpaired) electrons. The lowest BCUT2D eigenvalue weighted by Gasteiger charge is -2.17. The summed E-state index contributed by atoms with van der Waals surface area (Å²) in [5, 5.41) is 0. The molecule has 0 amide bonds. The van der Waals surface area contributed by atoms with Crippen molar-refractivity contribution in [3.63, 3.8) is 0 Å². The molecule has 0 aromatic heterocycles. The predicted octanol–water partition coefficient (Wildman–Crippen LogP) is 6.65. The number of hydrogen-bond donors (Lipinski definition) is 0. The highest BCUT2D eigenvalue weighted by atomic mass is 127. The lowest BCUT2D eigenvalue weighted by atomic mass is 10.1. The summed E-state index contributed by atoms with van der Waals surface area (Å²) in [5.74, 6) is 0. The van der Waals surface area contributed by atoms with Crippen molar-refractivity contribution in [2.24, 2.45) is 0 Å². The fraction of sp³-hybridized carbons (Fsp3) is 1.00. The van der Waals surface area contributed by atoms with E-state index in [0.29, 0.717) is 0 Å². The molecule has 102 valence electrons. The lowest BCUT2D eigenvalue weighted by molar-refractivity contribution is 0.590. The molecular weight excluding hydrogens is 570 g/mol. The molecule has 0 aromatic rings. The van der Waals surface area contributed by atoms with Gasteiger partial charge in [0.15, 0.2) is 0 Å². The Bertz CT molecular complexity index is 182. The maximum Gasteiger partial charge on any atom is 0.0156 e. The summed E-state index contributed by atoms with van der Waals surface area (Å²) in [6.45, 7) is 0. The average molecular weight is 592 g/mol. The minimum atomic E-state index is 0.720. The molecule has 4 unspecified atom stereocenters. The summed E-state index contributed by atoms with van der Waals surface area (Å²) in [6, 6.07) is 0. The molecule has 1 rings (SSSR count). The van der Waals surface area contributed by atoms with Crippen molar-refractivity contribution in [1.29, 1.82) is 0 Å². The minimum Gasteiger partial charge on any atom is -0.0890 e. The third-order valence-electron chi connectivity index (χ3n) is 3.35. The van der Waals surface area contributed by atoms with E-state index >= 15 is 0 Å². The first-order valence-corrected chi connectivity index (χ1v) is 11.0. The molecular formula is C13H22Br2I2. The van der Waals surface area contributed by atoms with Crippen LogP contribution in [-0.2, 0) is 0 Å². The van der Waals surface area contributed by atoms with Crippen molar-refractivity contribution in [3.8, 4) is 0 Å². The number of alkyl halides is 4. The second kappa shape index (κ2) is 10.2. The van der Waals surface area contributed by atoms with Gasteiger partial charge in [-0.1, -0.05) is 96.3 Å². The zero-order chi connectivity index (χ0) is 12.7. The quantitative estimate of drug-likeness (QED) is 0.219. The van der Waals surface area contributed by atoms with E-state index in [1.807, 2.05) is 0 Å². The Balaban J connectivity index is 2.41. The first kappa shape index (κ1) is 17.5. The molecule has 4 heteroatoms. The standard InChI is InChI=1S/C13H22Br2I2/c14-10-6-7-11(15)9-13(17)5-3-1-2-4-12(16)8-10/h10-13H,1-9H2. The van der Waals surface area contributed by atoms with Gasteiger partial charge in [-0.2, -0.15) is 0 Å². The van der Waals surface area contributed by atoms with Gasteiger partial charge in [-0.05, 0) is 38.5 Å². The van der Waals surface area contributed by atoms with Crippen molar-refractivity contribution < 1.29 is 0 Å². The van der Waals surface area contributed by atoms with Gasteiger partial charge in [0.25, 0.3) is 0 Å². The lowest BCUT2D eigenvalue weighted by Crippen LogP contribution is -2.11. The van der Waals surface area contributed by atoms with Crippen LogP contribution >= 0.6 is 77.0 Å². The van der Waals surface area contributed by atoms with E-state index in [9.17, 15) is 0 Å². The maximum absolute atomic E-state index is 3.85. The summed E-state index contributed by atoms with van der Waals surface area (Å²) in [6.07, 6.45) is 12.4. The van der Waals surface area contributed by atoms with Crippen LogP contribution in [0.2, 0.25) is 0 Å². The van der Waals surface area contributed by atoms with Gasteiger partial charge in [0.2, 0.25) is 0 Å². The topological polar surface area (TPSA) is 0 Å². The highest BCUT2D eigenvalue weighted by Gasteiger charge is 2.17. The summed E-state index contributed by atoms with van der Waals surface area (Å²) >= 11 is 13.0. The van der Waals surface area contributed by atoms with Gasteiger partial charge < -0.3 is 0 Å². The van der Waals surface area contributed by atoms with Gasteiger partial charge >= 0.3 is 0 Å². The van der Waals surface area contributed by atoms with Crippen LogP contribution in [0, 0.1) is 0 Å². The third-order valence-corrected chi connectivity index (χ3v) is 7.28. The van der Waals surface area contributed by atoms with Gasteiger partial charge in [-0.15, -0.1) is 0 Å². The normalized spacial score (nSPS) is 38.8. The summed E-state index contributed by atoms with van der Waals surface area (Å²) in [5.41, 5.74) is 0. The highest BCUT2D eigenvalue weighted by Crippen LogP contribution is 2.29. The van der Waals surface area contributed by atoms with E-state index in [4.69, 9.17) is 0 Å². The Kier molecular flexibility index (Phi) is 10.5. The van der Waals surface area contributed by atoms with E-state index in [1.165, 1.54) is 57.8 Å². The first-order chi connectivity index (χ1) is 8.08. The van der Waals surface area contributed by atoms with Crippen LogP contribution in [0.25, 0.3) is 0 Å². The maximum atomic E-state index is 3.85. The zero-order valence-electron chi connectivity index (χ0n) is 10.2. The molecule has 1 fully saturated rings. The van der Waals surface area contributed by atoms with Gasteiger partial charge in [0.1, 0.15) is 0 Å². The molecule has 17 heavy (non-hydrogen) atoms. The van der Waals surface area contributed by atoms with Crippen LogP contribution in [-0.4, -0.2) is 17.5 Å². The largest absolute Gasteiger partial charge is 0.0890 e. The molecule has 1 saturated carbocycles. The van der Waals surface area contributed by atoms with Crippen LogP contribution in [0.5, 0.6) is 0 Å². The Hall–Kier alpha value is 2.42. The van der Waals surface area contributed by atoms with E-state index in [1.54, 1.807) is 0 Å². The molecule has 0 aliphatic heterocycles. The minimum absolute atomic E-state index is 0.720. The van der Waals surface area contributed by atoms with Crippen molar-refractivity contribution in [2.75, 3.05) is 0 Å². The van der Waals surface area contributed by atoms with E-state index in [2.05, 4.69) is 77.0 Å².